The first-order valence-corrected chi connectivity index (χ1v) is 6.72. The lowest BCUT2D eigenvalue weighted by atomic mass is 10.0. The van der Waals surface area contributed by atoms with E-state index in [0.29, 0.717) is 6.42 Å². The Kier molecular flexibility index (Phi) is 5.95. The van der Waals surface area contributed by atoms with Gasteiger partial charge in [0, 0.05) is 5.92 Å². The first-order valence-electron chi connectivity index (χ1n) is 6.35. The molecule has 0 fully saturated rings. The summed E-state index contributed by atoms with van der Waals surface area (Å²) in [7, 11) is 0. The van der Waals surface area contributed by atoms with Gasteiger partial charge in [0.1, 0.15) is 5.82 Å². The molecule has 1 amide bonds. The number of nitrogens with one attached hydrogen (secondary N) is 1. The van der Waals surface area contributed by atoms with E-state index < -0.39 is 17.8 Å². The number of carbonyl (C=O) groups excluding carboxylic acids is 1. The summed E-state index contributed by atoms with van der Waals surface area (Å²) >= 11 is 5.55. The van der Waals surface area contributed by atoms with Crippen molar-refractivity contribution < 1.29 is 19.1 Å². The zero-order valence-electron chi connectivity index (χ0n) is 11.3. The first-order chi connectivity index (χ1) is 9.36. The molecule has 0 bridgehead atoms. The molecule has 0 aliphatic rings. The molecular weight excluding hydrogens is 285 g/mol. The van der Waals surface area contributed by atoms with Gasteiger partial charge < -0.3 is 10.4 Å². The number of rotatable bonds is 6. The van der Waals surface area contributed by atoms with Crippen LogP contribution in [0.2, 0.25) is 5.02 Å². The summed E-state index contributed by atoms with van der Waals surface area (Å²) < 4.78 is 13.4. The SMILES string of the molecule is CCCC(C)C(=O)NC(C(=O)O)c1ccc(Cl)c(F)c1. The van der Waals surface area contributed by atoms with E-state index in [1.807, 2.05) is 6.92 Å². The van der Waals surface area contributed by atoms with Gasteiger partial charge in [-0.2, -0.15) is 0 Å². The Labute approximate surface area is 121 Å². The smallest absolute Gasteiger partial charge is 0.330 e. The van der Waals surface area contributed by atoms with Gasteiger partial charge in [-0.3, -0.25) is 4.79 Å². The highest BCUT2D eigenvalue weighted by Gasteiger charge is 2.25. The van der Waals surface area contributed by atoms with Gasteiger partial charge in [-0.15, -0.1) is 0 Å². The molecule has 0 aromatic heterocycles. The van der Waals surface area contributed by atoms with Crippen LogP contribution in [0.1, 0.15) is 38.3 Å². The van der Waals surface area contributed by atoms with Gasteiger partial charge >= 0.3 is 5.97 Å². The zero-order valence-corrected chi connectivity index (χ0v) is 12.1. The second kappa shape index (κ2) is 7.24. The molecule has 2 N–H and O–H groups in total. The third-order valence-electron chi connectivity index (χ3n) is 2.98. The lowest BCUT2D eigenvalue weighted by molar-refractivity contribution is -0.142. The van der Waals surface area contributed by atoms with Crippen LogP contribution in [0.5, 0.6) is 0 Å². The summed E-state index contributed by atoms with van der Waals surface area (Å²) in [6.07, 6.45) is 1.48. The van der Waals surface area contributed by atoms with Crippen LogP contribution in [0.4, 0.5) is 4.39 Å². The molecule has 1 rings (SSSR count). The molecule has 20 heavy (non-hydrogen) atoms. The van der Waals surface area contributed by atoms with Gasteiger partial charge in [0.15, 0.2) is 6.04 Å². The number of hydrogen-bond donors (Lipinski definition) is 2. The van der Waals surface area contributed by atoms with Crippen LogP contribution < -0.4 is 5.32 Å². The van der Waals surface area contributed by atoms with Crippen molar-refractivity contribution in [3.63, 3.8) is 0 Å². The van der Waals surface area contributed by atoms with Crippen molar-refractivity contribution in [2.45, 2.75) is 32.7 Å². The fraction of sp³-hybridized carbons (Fsp3) is 0.429. The van der Waals surface area contributed by atoms with Crippen LogP contribution in [0, 0.1) is 11.7 Å². The molecular formula is C14H17ClFNO3. The van der Waals surface area contributed by atoms with E-state index in [-0.39, 0.29) is 22.4 Å². The number of benzene rings is 1. The average molecular weight is 302 g/mol. The van der Waals surface area contributed by atoms with Crippen molar-refractivity contribution >= 4 is 23.5 Å². The third-order valence-corrected chi connectivity index (χ3v) is 3.29. The Balaban J connectivity index is 2.92. The van der Waals surface area contributed by atoms with Crippen LogP contribution in [0.3, 0.4) is 0 Å². The van der Waals surface area contributed by atoms with Gasteiger partial charge in [-0.1, -0.05) is 37.9 Å². The topological polar surface area (TPSA) is 66.4 Å². The molecule has 110 valence electrons. The molecule has 0 spiro atoms. The molecule has 0 aliphatic heterocycles. The lowest BCUT2D eigenvalue weighted by Crippen LogP contribution is -2.37. The molecule has 6 heteroatoms. The molecule has 0 heterocycles. The summed E-state index contributed by atoms with van der Waals surface area (Å²) in [5.74, 6) is -2.62. The van der Waals surface area contributed by atoms with E-state index in [4.69, 9.17) is 11.6 Å². The number of hydrogen-bond acceptors (Lipinski definition) is 2. The van der Waals surface area contributed by atoms with Crippen LogP contribution in [-0.4, -0.2) is 17.0 Å². The lowest BCUT2D eigenvalue weighted by Gasteiger charge is -2.18. The van der Waals surface area contributed by atoms with Gasteiger partial charge in [-0.25, -0.2) is 9.18 Å². The van der Waals surface area contributed by atoms with E-state index >= 15 is 0 Å². The minimum Gasteiger partial charge on any atom is -0.479 e. The standard InChI is InChI=1S/C14H17ClFNO3/c1-3-4-8(2)13(18)17-12(14(19)20)9-5-6-10(15)11(16)7-9/h5-8,12H,3-4H2,1-2H3,(H,17,18)(H,19,20). The number of halogens is 2. The van der Waals surface area contributed by atoms with E-state index in [1.165, 1.54) is 12.1 Å². The fourth-order valence-corrected chi connectivity index (χ4v) is 1.95. The summed E-state index contributed by atoms with van der Waals surface area (Å²) in [6, 6.07) is 2.39. The van der Waals surface area contributed by atoms with Gasteiger partial charge in [0.25, 0.3) is 0 Å². The molecule has 0 aliphatic carbocycles. The second-order valence-corrected chi connectivity index (χ2v) is 5.05. The second-order valence-electron chi connectivity index (χ2n) is 4.64. The maximum absolute atomic E-state index is 13.4. The zero-order chi connectivity index (χ0) is 15.3. The van der Waals surface area contributed by atoms with Crippen molar-refractivity contribution in [1.29, 1.82) is 0 Å². The van der Waals surface area contributed by atoms with Crippen molar-refractivity contribution in [2.24, 2.45) is 5.92 Å². The van der Waals surface area contributed by atoms with Gasteiger partial charge in [0.2, 0.25) is 5.91 Å². The van der Waals surface area contributed by atoms with Crippen LogP contribution in [0.25, 0.3) is 0 Å². The molecule has 0 saturated carbocycles. The van der Waals surface area contributed by atoms with Crippen molar-refractivity contribution in [2.75, 3.05) is 0 Å². The number of carbonyl (C=O) groups is 2. The molecule has 0 radical (unpaired) electrons. The molecule has 2 atom stereocenters. The number of amides is 1. The van der Waals surface area contributed by atoms with Gasteiger partial charge in [0.05, 0.1) is 5.02 Å². The highest BCUT2D eigenvalue weighted by molar-refractivity contribution is 6.30. The molecule has 1 aromatic rings. The Bertz CT molecular complexity index is 507. The summed E-state index contributed by atoms with van der Waals surface area (Å²) in [6.45, 7) is 3.66. The van der Waals surface area contributed by atoms with Crippen LogP contribution in [0.15, 0.2) is 18.2 Å². The monoisotopic (exact) mass is 301 g/mol. The maximum atomic E-state index is 13.4. The predicted octanol–water partition coefficient (Wildman–Crippen LogP) is 3.16. The Morgan fingerprint density at radius 1 is 1.45 bits per heavy atom. The van der Waals surface area contributed by atoms with E-state index in [0.717, 1.165) is 12.5 Å². The van der Waals surface area contributed by atoms with E-state index in [1.54, 1.807) is 6.92 Å². The van der Waals surface area contributed by atoms with Crippen molar-refractivity contribution in [3.05, 3.63) is 34.6 Å². The summed E-state index contributed by atoms with van der Waals surface area (Å²) in [4.78, 5) is 23.1. The van der Waals surface area contributed by atoms with E-state index in [2.05, 4.69) is 5.32 Å². The molecule has 1 aromatic carbocycles. The number of carboxylic acids is 1. The van der Waals surface area contributed by atoms with Crippen molar-refractivity contribution in [1.82, 2.24) is 5.32 Å². The molecule has 4 nitrogen and oxygen atoms in total. The predicted molar refractivity (Wildman–Crippen MR) is 74.0 cm³/mol. The highest BCUT2D eigenvalue weighted by Crippen LogP contribution is 2.21. The summed E-state index contributed by atoms with van der Waals surface area (Å²) in [5.41, 5.74) is 0.149. The van der Waals surface area contributed by atoms with E-state index in [9.17, 15) is 19.1 Å². The summed E-state index contributed by atoms with van der Waals surface area (Å²) in [5, 5.41) is 11.5. The number of carboxylic acid groups (broad SMARTS) is 1. The average Bonchev–Trinajstić information content (AvgIpc) is 2.39. The molecule has 2 unspecified atom stereocenters. The van der Waals surface area contributed by atoms with Crippen LogP contribution >= 0.6 is 11.6 Å². The largest absolute Gasteiger partial charge is 0.479 e. The normalized spacial score (nSPS) is 13.6. The third kappa shape index (κ3) is 4.20. The first kappa shape index (κ1) is 16.4. The number of aliphatic carboxylic acids is 1. The Hall–Kier alpha value is -1.62. The minimum atomic E-state index is -1.28. The quantitative estimate of drug-likeness (QED) is 0.848. The van der Waals surface area contributed by atoms with Gasteiger partial charge in [-0.05, 0) is 24.1 Å². The minimum absolute atomic E-state index is 0.0939. The molecule has 0 saturated heterocycles. The van der Waals surface area contributed by atoms with Crippen molar-refractivity contribution in [3.8, 4) is 0 Å². The fourth-order valence-electron chi connectivity index (χ4n) is 1.83. The van der Waals surface area contributed by atoms with Crippen LogP contribution in [-0.2, 0) is 9.59 Å². The Morgan fingerprint density at radius 2 is 2.10 bits per heavy atom. The highest BCUT2D eigenvalue weighted by atomic mass is 35.5. The maximum Gasteiger partial charge on any atom is 0.330 e. The Morgan fingerprint density at radius 3 is 2.60 bits per heavy atom.